The maximum absolute atomic E-state index is 12.8. The van der Waals surface area contributed by atoms with Crippen LogP contribution in [0.5, 0.6) is 0 Å². The van der Waals surface area contributed by atoms with Gasteiger partial charge in [0.25, 0.3) is 15.9 Å². The van der Waals surface area contributed by atoms with E-state index in [4.69, 9.17) is 4.74 Å². The van der Waals surface area contributed by atoms with Gasteiger partial charge in [-0.1, -0.05) is 12.1 Å². The van der Waals surface area contributed by atoms with Crippen molar-refractivity contribution in [1.29, 1.82) is 0 Å². The number of rotatable bonds is 7. The molecule has 0 saturated heterocycles. The Bertz CT molecular complexity index is 960. The smallest absolute Gasteiger partial charge is 0.383 e. The van der Waals surface area contributed by atoms with Gasteiger partial charge in [0, 0.05) is 24.9 Å². The standard InChI is InChI=1S/C18H19F3N2O4S/c1-12-6-7-15(11-16(12)17(24)22-8-9-27-2)28(25,26)23-14-5-3-4-13(10-14)18(19,20)21/h3-7,10-11,23H,8-9H2,1-2H3,(H,22,24). The molecular formula is C18H19F3N2O4S. The van der Waals surface area contributed by atoms with Gasteiger partial charge in [0.2, 0.25) is 0 Å². The molecule has 6 nitrogen and oxygen atoms in total. The molecule has 0 unspecified atom stereocenters. The second kappa shape index (κ2) is 8.61. The molecule has 2 aromatic rings. The summed E-state index contributed by atoms with van der Waals surface area (Å²) in [6.07, 6.45) is -4.60. The van der Waals surface area contributed by atoms with Crippen LogP contribution in [-0.4, -0.2) is 34.6 Å². The number of aryl methyl sites for hydroxylation is 1. The number of hydrogen-bond donors (Lipinski definition) is 2. The minimum Gasteiger partial charge on any atom is -0.383 e. The van der Waals surface area contributed by atoms with E-state index in [0.717, 1.165) is 12.1 Å². The molecule has 2 rings (SSSR count). The highest BCUT2D eigenvalue weighted by molar-refractivity contribution is 7.92. The molecule has 0 aromatic heterocycles. The molecule has 0 heterocycles. The third-order valence-electron chi connectivity index (χ3n) is 3.80. The number of amides is 1. The Morgan fingerprint density at radius 3 is 2.50 bits per heavy atom. The zero-order valence-corrected chi connectivity index (χ0v) is 15.9. The van der Waals surface area contributed by atoms with Gasteiger partial charge in [-0.25, -0.2) is 8.42 Å². The lowest BCUT2D eigenvalue weighted by Gasteiger charge is -2.13. The summed E-state index contributed by atoms with van der Waals surface area (Å²) < 4.78 is 70.5. The van der Waals surface area contributed by atoms with Crippen molar-refractivity contribution in [2.75, 3.05) is 25.0 Å². The average Bonchev–Trinajstić information content (AvgIpc) is 2.61. The summed E-state index contributed by atoms with van der Waals surface area (Å²) in [6.45, 7) is 2.18. The number of sulfonamides is 1. The summed E-state index contributed by atoms with van der Waals surface area (Å²) in [7, 11) is -2.72. The maximum atomic E-state index is 12.8. The van der Waals surface area contributed by atoms with Crippen LogP contribution >= 0.6 is 0 Å². The van der Waals surface area contributed by atoms with Crippen molar-refractivity contribution < 1.29 is 31.1 Å². The molecule has 1 amide bonds. The molecule has 0 saturated carbocycles. The number of carbonyl (C=O) groups is 1. The van der Waals surface area contributed by atoms with Gasteiger partial charge in [-0.15, -0.1) is 0 Å². The summed E-state index contributed by atoms with van der Waals surface area (Å²) in [4.78, 5) is 12.0. The third-order valence-corrected chi connectivity index (χ3v) is 5.18. The van der Waals surface area contributed by atoms with Crippen LogP contribution in [0.15, 0.2) is 47.4 Å². The molecule has 0 aliphatic heterocycles. The second-order valence-corrected chi connectivity index (χ2v) is 7.59. The van der Waals surface area contributed by atoms with Crippen LogP contribution < -0.4 is 10.0 Å². The van der Waals surface area contributed by atoms with Crippen molar-refractivity contribution >= 4 is 21.6 Å². The summed E-state index contributed by atoms with van der Waals surface area (Å²) in [5.41, 5.74) is -0.521. The SMILES string of the molecule is COCCNC(=O)c1cc(S(=O)(=O)Nc2cccc(C(F)(F)F)c2)ccc1C. The average molecular weight is 416 g/mol. The first-order valence-electron chi connectivity index (χ1n) is 8.12. The fourth-order valence-corrected chi connectivity index (χ4v) is 3.42. The normalized spacial score (nSPS) is 11.9. The molecule has 28 heavy (non-hydrogen) atoms. The van der Waals surface area contributed by atoms with Crippen LogP contribution in [0.3, 0.4) is 0 Å². The van der Waals surface area contributed by atoms with Crippen LogP contribution in [0.2, 0.25) is 0 Å². The Kier molecular flexibility index (Phi) is 6.68. The molecule has 152 valence electrons. The van der Waals surface area contributed by atoms with Crippen LogP contribution in [0.25, 0.3) is 0 Å². The number of alkyl halides is 3. The Balaban J connectivity index is 2.29. The molecule has 0 bridgehead atoms. The van der Waals surface area contributed by atoms with E-state index in [9.17, 15) is 26.4 Å². The largest absolute Gasteiger partial charge is 0.416 e. The van der Waals surface area contributed by atoms with Gasteiger partial charge in [0.15, 0.2) is 0 Å². The maximum Gasteiger partial charge on any atom is 0.416 e. The minimum atomic E-state index is -4.60. The Morgan fingerprint density at radius 2 is 1.86 bits per heavy atom. The molecular weight excluding hydrogens is 397 g/mol. The zero-order valence-electron chi connectivity index (χ0n) is 15.1. The van der Waals surface area contributed by atoms with Crippen molar-refractivity contribution in [2.24, 2.45) is 0 Å². The summed E-state index contributed by atoms with van der Waals surface area (Å²) in [6, 6.07) is 7.75. The van der Waals surface area contributed by atoms with Gasteiger partial charge in [-0.2, -0.15) is 13.2 Å². The van der Waals surface area contributed by atoms with E-state index >= 15 is 0 Å². The van der Waals surface area contributed by atoms with Gasteiger partial charge >= 0.3 is 6.18 Å². The van der Waals surface area contributed by atoms with Crippen LogP contribution in [0.1, 0.15) is 21.5 Å². The molecule has 0 aliphatic rings. The lowest BCUT2D eigenvalue weighted by Crippen LogP contribution is -2.28. The van der Waals surface area contributed by atoms with Gasteiger partial charge in [-0.05, 0) is 42.8 Å². The van der Waals surface area contributed by atoms with Crippen molar-refractivity contribution in [3.8, 4) is 0 Å². The number of benzene rings is 2. The Hall–Kier alpha value is -2.59. The lowest BCUT2D eigenvalue weighted by atomic mass is 10.1. The first kappa shape index (κ1) is 21.7. The number of carbonyl (C=O) groups excluding carboxylic acids is 1. The molecule has 0 aliphatic carbocycles. The highest BCUT2D eigenvalue weighted by Crippen LogP contribution is 2.31. The minimum absolute atomic E-state index is 0.142. The van der Waals surface area contributed by atoms with E-state index in [-0.39, 0.29) is 22.7 Å². The predicted molar refractivity (Wildman–Crippen MR) is 97.6 cm³/mol. The Labute approximate surface area is 160 Å². The molecule has 10 heteroatoms. The fourth-order valence-electron chi connectivity index (χ4n) is 2.35. The van der Waals surface area contributed by atoms with Crippen molar-refractivity contribution in [2.45, 2.75) is 18.0 Å². The summed E-state index contributed by atoms with van der Waals surface area (Å²) >= 11 is 0. The van der Waals surface area contributed by atoms with E-state index in [2.05, 4.69) is 10.0 Å². The topological polar surface area (TPSA) is 84.5 Å². The fraction of sp³-hybridized carbons (Fsp3) is 0.278. The van der Waals surface area contributed by atoms with E-state index in [1.54, 1.807) is 6.92 Å². The van der Waals surface area contributed by atoms with Crippen LogP contribution in [-0.2, 0) is 20.9 Å². The van der Waals surface area contributed by atoms with E-state index in [0.29, 0.717) is 18.2 Å². The van der Waals surface area contributed by atoms with Gasteiger partial charge in [-0.3, -0.25) is 9.52 Å². The molecule has 0 atom stereocenters. The first-order chi connectivity index (χ1) is 13.0. The van der Waals surface area contributed by atoms with Crippen molar-refractivity contribution in [3.05, 3.63) is 59.2 Å². The molecule has 0 radical (unpaired) electrons. The Morgan fingerprint density at radius 1 is 1.14 bits per heavy atom. The molecule has 0 spiro atoms. The summed E-state index contributed by atoms with van der Waals surface area (Å²) in [5.74, 6) is -0.481. The predicted octanol–water partition coefficient (Wildman–Crippen LogP) is 3.19. The monoisotopic (exact) mass is 416 g/mol. The second-order valence-electron chi connectivity index (χ2n) is 5.91. The summed E-state index contributed by atoms with van der Waals surface area (Å²) in [5, 5.41) is 2.59. The zero-order chi connectivity index (χ0) is 20.9. The number of methoxy groups -OCH3 is 1. The van der Waals surface area contributed by atoms with Crippen molar-refractivity contribution in [3.63, 3.8) is 0 Å². The molecule has 0 fully saturated rings. The first-order valence-corrected chi connectivity index (χ1v) is 9.61. The van der Waals surface area contributed by atoms with Gasteiger partial charge < -0.3 is 10.1 Å². The number of nitrogens with one attached hydrogen (secondary N) is 2. The molecule has 2 aromatic carbocycles. The van der Waals surface area contributed by atoms with Gasteiger partial charge in [0.1, 0.15) is 0 Å². The highest BCUT2D eigenvalue weighted by atomic mass is 32.2. The highest BCUT2D eigenvalue weighted by Gasteiger charge is 2.30. The van der Waals surface area contributed by atoms with Crippen LogP contribution in [0, 0.1) is 6.92 Å². The number of ether oxygens (including phenoxy) is 1. The lowest BCUT2D eigenvalue weighted by molar-refractivity contribution is -0.137. The van der Waals surface area contributed by atoms with E-state index in [1.165, 1.54) is 31.4 Å². The third kappa shape index (κ3) is 5.46. The van der Waals surface area contributed by atoms with Crippen molar-refractivity contribution in [1.82, 2.24) is 5.32 Å². The van der Waals surface area contributed by atoms with E-state index in [1.807, 2.05) is 0 Å². The van der Waals surface area contributed by atoms with Gasteiger partial charge in [0.05, 0.1) is 17.1 Å². The van der Waals surface area contributed by atoms with E-state index < -0.39 is 27.7 Å². The number of anilines is 1. The number of hydrogen-bond acceptors (Lipinski definition) is 4. The quantitative estimate of drug-likeness (QED) is 0.679. The number of halogens is 3. The molecule has 2 N–H and O–H groups in total. The van der Waals surface area contributed by atoms with Crippen LogP contribution in [0.4, 0.5) is 18.9 Å².